The van der Waals surface area contributed by atoms with E-state index < -0.39 is 4.92 Å². The van der Waals surface area contributed by atoms with Gasteiger partial charge >= 0.3 is 0 Å². The summed E-state index contributed by atoms with van der Waals surface area (Å²) in [7, 11) is 0. The molecule has 1 unspecified atom stereocenters. The molecule has 1 fully saturated rings. The number of nitro benzene ring substituents is 1. The summed E-state index contributed by atoms with van der Waals surface area (Å²) in [6.07, 6.45) is 0.158. The maximum absolute atomic E-state index is 10.6. The Morgan fingerprint density at radius 1 is 1.67 bits per heavy atom. The number of hydrogen-bond acceptors (Lipinski definition) is 4. The van der Waals surface area contributed by atoms with E-state index in [-0.39, 0.29) is 11.8 Å². The van der Waals surface area contributed by atoms with Gasteiger partial charge < -0.3 is 9.47 Å². The van der Waals surface area contributed by atoms with E-state index in [0.717, 1.165) is 0 Å². The Morgan fingerprint density at radius 3 is 3.00 bits per heavy atom. The largest absolute Gasteiger partial charge is 0.491 e. The van der Waals surface area contributed by atoms with Gasteiger partial charge in [0.1, 0.15) is 18.5 Å². The number of rotatable bonds is 4. The fourth-order valence-electron chi connectivity index (χ4n) is 1.23. The van der Waals surface area contributed by atoms with E-state index >= 15 is 0 Å². The third-order valence-electron chi connectivity index (χ3n) is 2.22. The molecular formula is C10H11NO4. The number of ether oxygens (including phenoxy) is 2. The fourth-order valence-corrected chi connectivity index (χ4v) is 1.23. The molecule has 0 aromatic heterocycles. The van der Waals surface area contributed by atoms with Crippen LogP contribution in [0, 0.1) is 17.0 Å². The molecule has 0 bridgehead atoms. The van der Waals surface area contributed by atoms with Crippen molar-refractivity contribution >= 4 is 5.69 Å². The van der Waals surface area contributed by atoms with Crippen molar-refractivity contribution < 1.29 is 14.4 Å². The first-order valence-electron chi connectivity index (χ1n) is 4.66. The first-order valence-corrected chi connectivity index (χ1v) is 4.66. The van der Waals surface area contributed by atoms with Crippen LogP contribution in [0.15, 0.2) is 18.2 Å². The van der Waals surface area contributed by atoms with E-state index in [1.807, 2.05) is 0 Å². The highest BCUT2D eigenvalue weighted by Gasteiger charge is 2.23. The zero-order chi connectivity index (χ0) is 10.8. The Balaban J connectivity index is 2.10. The molecule has 0 spiro atoms. The molecule has 0 saturated carbocycles. The highest BCUT2D eigenvalue weighted by Crippen LogP contribution is 2.24. The molecule has 0 aliphatic carbocycles. The van der Waals surface area contributed by atoms with Gasteiger partial charge in [-0.25, -0.2) is 0 Å². The molecule has 0 radical (unpaired) electrons. The van der Waals surface area contributed by atoms with Crippen molar-refractivity contribution in [1.82, 2.24) is 0 Å². The van der Waals surface area contributed by atoms with Gasteiger partial charge in [-0.3, -0.25) is 10.1 Å². The van der Waals surface area contributed by atoms with Gasteiger partial charge in [0.2, 0.25) is 0 Å². The van der Waals surface area contributed by atoms with Crippen molar-refractivity contribution in [1.29, 1.82) is 0 Å². The summed E-state index contributed by atoms with van der Waals surface area (Å²) in [6, 6.07) is 4.85. The Hall–Kier alpha value is -1.62. The maximum atomic E-state index is 10.6. The van der Waals surface area contributed by atoms with Gasteiger partial charge in [-0.1, -0.05) is 0 Å². The van der Waals surface area contributed by atoms with E-state index in [1.165, 1.54) is 6.07 Å². The molecule has 0 amide bonds. The first kappa shape index (κ1) is 9.92. The lowest BCUT2D eigenvalue weighted by Crippen LogP contribution is -2.04. The number of hydrogen-bond donors (Lipinski definition) is 0. The van der Waals surface area contributed by atoms with Crippen LogP contribution in [0.1, 0.15) is 5.56 Å². The minimum atomic E-state index is -0.407. The molecule has 1 aliphatic rings. The lowest BCUT2D eigenvalue weighted by Gasteiger charge is -2.04. The van der Waals surface area contributed by atoms with E-state index in [2.05, 4.69) is 0 Å². The quantitative estimate of drug-likeness (QED) is 0.430. The zero-order valence-corrected chi connectivity index (χ0v) is 8.30. The predicted octanol–water partition coefficient (Wildman–Crippen LogP) is 1.68. The van der Waals surface area contributed by atoms with Crippen LogP contribution in [0.4, 0.5) is 5.69 Å². The number of epoxide rings is 1. The lowest BCUT2D eigenvalue weighted by molar-refractivity contribution is -0.385. The monoisotopic (exact) mass is 209 g/mol. The summed E-state index contributed by atoms with van der Waals surface area (Å²) in [6.45, 7) is 2.88. The van der Waals surface area contributed by atoms with Gasteiger partial charge in [0, 0.05) is 5.56 Å². The standard InChI is InChI=1S/C10H11NO4/c1-7-2-3-8(4-10(7)11(12)13)14-5-9-6-15-9/h2-4,9H,5-6H2,1H3. The zero-order valence-electron chi connectivity index (χ0n) is 8.30. The normalized spacial score (nSPS) is 18.6. The van der Waals surface area contributed by atoms with Crippen molar-refractivity contribution in [2.75, 3.05) is 13.2 Å². The summed E-state index contributed by atoms with van der Waals surface area (Å²) in [5.41, 5.74) is 0.722. The van der Waals surface area contributed by atoms with Crippen molar-refractivity contribution in [3.05, 3.63) is 33.9 Å². The second-order valence-corrected chi connectivity index (χ2v) is 3.47. The topological polar surface area (TPSA) is 64.9 Å². The van der Waals surface area contributed by atoms with Gasteiger partial charge in [-0.15, -0.1) is 0 Å². The Kier molecular flexibility index (Phi) is 2.55. The molecule has 0 N–H and O–H groups in total. The van der Waals surface area contributed by atoms with Crippen LogP contribution < -0.4 is 4.74 Å². The predicted molar refractivity (Wildman–Crippen MR) is 53.1 cm³/mol. The first-order chi connectivity index (χ1) is 7.16. The van der Waals surface area contributed by atoms with Crippen LogP contribution in [-0.2, 0) is 4.74 Å². The minimum absolute atomic E-state index is 0.0872. The summed E-state index contributed by atoms with van der Waals surface area (Å²) < 4.78 is 10.3. The van der Waals surface area contributed by atoms with Crippen molar-refractivity contribution in [3.63, 3.8) is 0 Å². The average Bonchev–Trinajstić information content (AvgIpc) is 3.00. The average molecular weight is 209 g/mol. The second kappa shape index (κ2) is 3.86. The number of benzene rings is 1. The summed E-state index contributed by atoms with van der Waals surface area (Å²) >= 11 is 0. The Bertz CT molecular complexity index is 387. The van der Waals surface area contributed by atoms with Gasteiger partial charge in [0.05, 0.1) is 17.6 Å². The van der Waals surface area contributed by atoms with Gasteiger partial charge in [0.25, 0.3) is 5.69 Å². The van der Waals surface area contributed by atoms with Crippen molar-refractivity contribution in [3.8, 4) is 5.75 Å². The molecule has 1 aromatic carbocycles. The molecule has 2 rings (SSSR count). The third-order valence-corrected chi connectivity index (χ3v) is 2.22. The SMILES string of the molecule is Cc1ccc(OCC2CO2)cc1[N+](=O)[O-]. The number of nitrogens with zero attached hydrogens (tertiary/aromatic N) is 1. The molecule has 5 nitrogen and oxygen atoms in total. The molecular weight excluding hydrogens is 198 g/mol. The van der Waals surface area contributed by atoms with E-state index in [4.69, 9.17) is 9.47 Å². The van der Waals surface area contributed by atoms with Crippen LogP contribution in [0.25, 0.3) is 0 Å². The lowest BCUT2D eigenvalue weighted by atomic mass is 10.2. The van der Waals surface area contributed by atoms with Gasteiger partial charge in [-0.2, -0.15) is 0 Å². The maximum Gasteiger partial charge on any atom is 0.276 e. The minimum Gasteiger partial charge on any atom is -0.491 e. The van der Waals surface area contributed by atoms with E-state index in [1.54, 1.807) is 19.1 Å². The Labute approximate surface area is 86.8 Å². The molecule has 1 atom stereocenters. The van der Waals surface area contributed by atoms with Crippen LogP contribution in [0.5, 0.6) is 5.75 Å². The number of nitro groups is 1. The molecule has 80 valence electrons. The molecule has 5 heteroatoms. The van der Waals surface area contributed by atoms with E-state index in [0.29, 0.717) is 24.5 Å². The summed E-state index contributed by atoms with van der Waals surface area (Å²) in [5, 5.41) is 10.6. The second-order valence-electron chi connectivity index (χ2n) is 3.47. The van der Waals surface area contributed by atoms with Gasteiger partial charge in [0.15, 0.2) is 0 Å². The summed E-state index contributed by atoms with van der Waals surface area (Å²) in [4.78, 5) is 10.2. The van der Waals surface area contributed by atoms with E-state index in [9.17, 15) is 10.1 Å². The smallest absolute Gasteiger partial charge is 0.276 e. The van der Waals surface area contributed by atoms with Gasteiger partial charge in [-0.05, 0) is 19.1 Å². The Morgan fingerprint density at radius 2 is 2.40 bits per heavy atom. The van der Waals surface area contributed by atoms with Crippen molar-refractivity contribution in [2.45, 2.75) is 13.0 Å². The molecule has 1 aliphatic heterocycles. The molecule has 1 aromatic rings. The van der Waals surface area contributed by atoms with Crippen molar-refractivity contribution in [2.24, 2.45) is 0 Å². The molecule has 15 heavy (non-hydrogen) atoms. The fraction of sp³-hybridized carbons (Fsp3) is 0.400. The highest BCUT2D eigenvalue weighted by atomic mass is 16.6. The molecule has 1 heterocycles. The van der Waals surface area contributed by atoms with Crippen LogP contribution in [0.3, 0.4) is 0 Å². The van der Waals surface area contributed by atoms with Crippen LogP contribution in [-0.4, -0.2) is 24.2 Å². The van der Waals surface area contributed by atoms with Crippen LogP contribution in [0.2, 0.25) is 0 Å². The highest BCUT2D eigenvalue weighted by molar-refractivity contribution is 5.45. The summed E-state index contributed by atoms with van der Waals surface area (Å²) in [5.74, 6) is 0.516. The van der Waals surface area contributed by atoms with Crippen LogP contribution >= 0.6 is 0 Å². The number of aryl methyl sites for hydroxylation is 1. The molecule has 1 saturated heterocycles. The third kappa shape index (κ3) is 2.44.